The van der Waals surface area contributed by atoms with Gasteiger partial charge in [0.1, 0.15) is 5.69 Å². The second kappa shape index (κ2) is 8.34. The second-order valence-corrected chi connectivity index (χ2v) is 5.35. The van der Waals surface area contributed by atoms with Gasteiger partial charge in [-0.05, 0) is 30.3 Å². The standard InChI is InChI=1S/C19H15N5O3/c25-18-14(7-6-11-17(18)24(26)27)13-21-23-19(16-10-4-5-12-20-16)22-15-8-2-1-3-9-15/h1-13,25H,(H,22,23). The van der Waals surface area contributed by atoms with Crippen molar-refractivity contribution in [1.29, 1.82) is 0 Å². The fourth-order valence-corrected chi connectivity index (χ4v) is 2.24. The molecule has 0 radical (unpaired) electrons. The van der Waals surface area contributed by atoms with Crippen LogP contribution < -0.4 is 5.43 Å². The van der Waals surface area contributed by atoms with Crippen LogP contribution in [0.1, 0.15) is 11.3 Å². The molecule has 0 aliphatic rings. The first kappa shape index (κ1) is 17.7. The van der Waals surface area contributed by atoms with Gasteiger partial charge in [0.05, 0.1) is 16.8 Å². The maximum atomic E-state index is 10.9. The lowest BCUT2D eigenvalue weighted by molar-refractivity contribution is -0.385. The highest BCUT2D eigenvalue weighted by molar-refractivity contribution is 5.99. The molecule has 27 heavy (non-hydrogen) atoms. The van der Waals surface area contributed by atoms with Crippen molar-refractivity contribution in [2.24, 2.45) is 10.1 Å². The zero-order valence-corrected chi connectivity index (χ0v) is 14.1. The Hall–Kier alpha value is -4.07. The molecule has 1 aromatic heterocycles. The van der Waals surface area contributed by atoms with Gasteiger partial charge >= 0.3 is 5.69 Å². The number of hydrogen-bond donors (Lipinski definition) is 2. The lowest BCUT2D eigenvalue weighted by Crippen LogP contribution is -2.20. The van der Waals surface area contributed by atoms with Crippen molar-refractivity contribution in [3.8, 4) is 5.75 Å². The van der Waals surface area contributed by atoms with Crippen molar-refractivity contribution in [2.45, 2.75) is 0 Å². The number of aromatic nitrogens is 1. The molecular formula is C19H15N5O3. The maximum Gasteiger partial charge on any atom is 0.311 e. The van der Waals surface area contributed by atoms with E-state index >= 15 is 0 Å². The molecule has 0 fully saturated rings. The zero-order valence-electron chi connectivity index (χ0n) is 14.1. The predicted octanol–water partition coefficient (Wildman–Crippen LogP) is 3.40. The number of para-hydroxylation sites is 2. The molecule has 8 heteroatoms. The van der Waals surface area contributed by atoms with Crippen LogP contribution in [0.25, 0.3) is 0 Å². The SMILES string of the molecule is O=[N+]([O-])c1cccc(C=NNC(=Nc2ccccc2)c2ccccn2)c1O. The number of nitro benzene ring substituents is 1. The van der Waals surface area contributed by atoms with Crippen LogP contribution in [0.15, 0.2) is 83.0 Å². The number of phenolic OH excluding ortho intramolecular Hbond substituents is 1. The molecule has 134 valence electrons. The van der Waals surface area contributed by atoms with Gasteiger partial charge in [-0.15, -0.1) is 0 Å². The molecule has 3 aromatic rings. The van der Waals surface area contributed by atoms with Crippen molar-refractivity contribution in [2.75, 3.05) is 0 Å². The van der Waals surface area contributed by atoms with Gasteiger partial charge in [-0.1, -0.05) is 30.3 Å². The summed E-state index contributed by atoms with van der Waals surface area (Å²) in [5, 5.41) is 24.9. The average Bonchev–Trinajstić information content (AvgIpc) is 2.69. The number of amidine groups is 1. The van der Waals surface area contributed by atoms with Crippen LogP contribution in [0.4, 0.5) is 11.4 Å². The van der Waals surface area contributed by atoms with Crippen LogP contribution >= 0.6 is 0 Å². The van der Waals surface area contributed by atoms with Gasteiger partial charge in [0.25, 0.3) is 0 Å². The topological polar surface area (TPSA) is 113 Å². The highest BCUT2D eigenvalue weighted by Crippen LogP contribution is 2.27. The third-order valence-electron chi connectivity index (χ3n) is 3.52. The van der Waals surface area contributed by atoms with E-state index in [1.54, 1.807) is 18.3 Å². The van der Waals surface area contributed by atoms with E-state index in [1.807, 2.05) is 36.4 Å². The summed E-state index contributed by atoms with van der Waals surface area (Å²) < 4.78 is 0. The first-order valence-electron chi connectivity index (χ1n) is 7.96. The molecule has 0 saturated heterocycles. The van der Waals surface area contributed by atoms with Crippen molar-refractivity contribution in [1.82, 2.24) is 10.4 Å². The van der Waals surface area contributed by atoms with Gasteiger partial charge in [0.15, 0.2) is 5.84 Å². The highest BCUT2D eigenvalue weighted by Gasteiger charge is 2.15. The third kappa shape index (κ3) is 4.51. The molecule has 0 amide bonds. The molecule has 0 spiro atoms. The van der Waals surface area contributed by atoms with E-state index in [-0.39, 0.29) is 11.3 Å². The minimum Gasteiger partial charge on any atom is -0.502 e. The fourth-order valence-electron chi connectivity index (χ4n) is 2.24. The summed E-state index contributed by atoms with van der Waals surface area (Å²) in [6.07, 6.45) is 2.92. The monoisotopic (exact) mass is 361 g/mol. The van der Waals surface area contributed by atoms with Crippen molar-refractivity contribution < 1.29 is 10.0 Å². The molecule has 2 aromatic carbocycles. The van der Waals surface area contributed by atoms with Gasteiger partial charge in [0, 0.05) is 17.8 Å². The number of rotatable bonds is 5. The number of nitrogens with zero attached hydrogens (tertiary/aromatic N) is 4. The summed E-state index contributed by atoms with van der Waals surface area (Å²) in [5.41, 5.74) is 3.88. The lowest BCUT2D eigenvalue weighted by atomic mass is 10.2. The van der Waals surface area contributed by atoms with Crippen LogP contribution in [-0.4, -0.2) is 27.1 Å². The van der Waals surface area contributed by atoms with Gasteiger partial charge in [-0.2, -0.15) is 5.10 Å². The summed E-state index contributed by atoms with van der Waals surface area (Å²) in [7, 11) is 0. The van der Waals surface area contributed by atoms with Crippen LogP contribution in [0.2, 0.25) is 0 Å². The second-order valence-electron chi connectivity index (χ2n) is 5.35. The Balaban J connectivity index is 1.88. The number of benzene rings is 2. The van der Waals surface area contributed by atoms with Gasteiger partial charge < -0.3 is 5.11 Å². The normalized spacial score (nSPS) is 11.5. The Morgan fingerprint density at radius 3 is 2.56 bits per heavy atom. The summed E-state index contributed by atoms with van der Waals surface area (Å²) in [5.74, 6) is -0.0598. The van der Waals surface area contributed by atoms with E-state index in [4.69, 9.17) is 0 Å². The summed E-state index contributed by atoms with van der Waals surface area (Å²) in [4.78, 5) is 19.0. The number of nitrogens with one attached hydrogen (secondary N) is 1. The van der Waals surface area contributed by atoms with E-state index in [1.165, 1.54) is 24.4 Å². The first-order chi connectivity index (χ1) is 13.1. The Labute approximate surface area is 154 Å². The molecule has 0 atom stereocenters. The van der Waals surface area contributed by atoms with Gasteiger partial charge in [-0.25, -0.2) is 4.99 Å². The minimum atomic E-state index is -0.656. The zero-order chi connectivity index (χ0) is 19.1. The van der Waals surface area contributed by atoms with Crippen LogP contribution in [0, 0.1) is 10.1 Å². The van der Waals surface area contributed by atoms with Gasteiger partial charge in [0.2, 0.25) is 5.75 Å². The summed E-state index contributed by atoms with van der Waals surface area (Å²) >= 11 is 0. The molecule has 0 saturated carbocycles. The number of hydrogen-bond acceptors (Lipinski definition) is 6. The molecule has 8 nitrogen and oxygen atoms in total. The molecular weight excluding hydrogens is 346 g/mol. The number of hydrazone groups is 1. The Morgan fingerprint density at radius 1 is 1.07 bits per heavy atom. The Bertz CT molecular complexity index is 989. The summed E-state index contributed by atoms with van der Waals surface area (Å²) in [6.45, 7) is 0. The number of pyridine rings is 1. The van der Waals surface area contributed by atoms with Crippen LogP contribution in [-0.2, 0) is 0 Å². The molecule has 3 rings (SSSR count). The third-order valence-corrected chi connectivity index (χ3v) is 3.52. The number of aliphatic imine (C=N–C) groups is 1. The minimum absolute atomic E-state index is 0.205. The molecule has 0 bridgehead atoms. The number of phenols is 1. The quantitative estimate of drug-likeness (QED) is 0.313. The van der Waals surface area contributed by atoms with E-state index in [2.05, 4.69) is 20.5 Å². The first-order valence-corrected chi connectivity index (χ1v) is 7.96. The molecule has 0 aliphatic heterocycles. The summed E-state index contributed by atoms with van der Waals surface area (Å²) in [6, 6.07) is 18.9. The average molecular weight is 361 g/mol. The Kier molecular flexibility index (Phi) is 5.48. The van der Waals surface area contributed by atoms with Crippen LogP contribution in [0.3, 0.4) is 0 Å². The van der Waals surface area contributed by atoms with Crippen molar-refractivity contribution in [3.63, 3.8) is 0 Å². The largest absolute Gasteiger partial charge is 0.502 e. The number of nitro groups is 1. The lowest BCUT2D eigenvalue weighted by Gasteiger charge is -2.05. The maximum absolute atomic E-state index is 10.9. The Morgan fingerprint density at radius 2 is 1.85 bits per heavy atom. The number of aromatic hydroxyl groups is 1. The predicted molar refractivity (Wildman–Crippen MR) is 102 cm³/mol. The van der Waals surface area contributed by atoms with E-state index in [0.29, 0.717) is 17.2 Å². The smallest absolute Gasteiger partial charge is 0.311 e. The van der Waals surface area contributed by atoms with Crippen molar-refractivity contribution >= 4 is 23.4 Å². The molecule has 2 N–H and O–H groups in total. The van der Waals surface area contributed by atoms with Crippen LogP contribution in [0.5, 0.6) is 5.75 Å². The van der Waals surface area contributed by atoms with E-state index in [0.717, 1.165) is 0 Å². The van der Waals surface area contributed by atoms with Gasteiger partial charge in [-0.3, -0.25) is 20.5 Å². The van der Waals surface area contributed by atoms with Crippen molar-refractivity contribution in [3.05, 3.63) is 94.3 Å². The fraction of sp³-hybridized carbons (Fsp3) is 0. The van der Waals surface area contributed by atoms with E-state index in [9.17, 15) is 15.2 Å². The molecule has 1 heterocycles. The molecule has 0 unspecified atom stereocenters. The van der Waals surface area contributed by atoms with E-state index < -0.39 is 10.7 Å². The highest BCUT2D eigenvalue weighted by atomic mass is 16.6. The molecule has 0 aliphatic carbocycles.